The van der Waals surface area contributed by atoms with Gasteiger partial charge >= 0.3 is 0 Å². The summed E-state index contributed by atoms with van der Waals surface area (Å²) in [7, 11) is 1.88. The van der Waals surface area contributed by atoms with Crippen molar-refractivity contribution in [3.8, 4) is 0 Å². The van der Waals surface area contributed by atoms with Gasteiger partial charge < -0.3 is 15.5 Å². The summed E-state index contributed by atoms with van der Waals surface area (Å²) in [5, 5.41) is 0. The first-order valence-electron chi connectivity index (χ1n) is 6.22. The van der Waals surface area contributed by atoms with Crippen molar-refractivity contribution in [1.29, 1.82) is 0 Å². The van der Waals surface area contributed by atoms with E-state index in [4.69, 9.17) is 5.73 Å². The van der Waals surface area contributed by atoms with E-state index in [1.807, 2.05) is 11.9 Å². The van der Waals surface area contributed by atoms with Gasteiger partial charge in [-0.2, -0.15) is 0 Å². The molecule has 4 nitrogen and oxygen atoms in total. The van der Waals surface area contributed by atoms with Gasteiger partial charge in [0.05, 0.1) is 6.04 Å². The van der Waals surface area contributed by atoms with E-state index in [0.29, 0.717) is 12.0 Å². The molecule has 1 rings (SSSR count). The van der Waals surface area contributed by atoms with Crippen molar-refractivity contribution in [2.24, 2.45) is 11.7 Å². The fraction of sp³-hybridized carbons (Fsp3) is 0.917. The number of halogens is 2. The number of likely N-dealkylation sites (tertiary alicyclic amines) is 1. The van der Waals surface area contributed by atoms with Gasteiger partial charge in [0.15, 0.2) is 0 Å². The van der Waals surface area contributed by atoms with Gasteiger partial charge in [-0.3, -0.25) is 4.79 Å². The number of nitrogens with zero attached hydrogens (tertiary/aromatic N) is 2. The Morgan fingerprint density at radius 1 is 1.50 bits per heavy atom. The second-order valence-electron chi connectivity index (χ2n) is 4.96. The minimum Gasteiger partial charge on any atom is -0.341 e. The fourth-order valence-electron chi connectivity index (χ4n) is 2.57. The van der Waals surface area contributed by atoms with Crippen molar-refractivity contribution in [2.75, 3.05) is 26.7 Å². The van der Waals surface area contributed by atoms with E-state index in [-0.39, 0.29) is 36.8 Å². The number of carbonyl (C=O) groups is 1. The topological polar surface area (TPSA) is 49.6 Å². The average molecular weight is 300 g/mol. The molecular formula is C12H27Cl2N3O. The Morgan fingerprint density at radius 2 is 2.06 bits per heavy atom. The first-order chi connectivity index (χ1) is 7.47. The highest BCUT2D eigenvalue weighted by atomic mass is 35.5. The summed E-state index contributed by atoms with van der Waals surface area (Å²) in [4.78, 5) is 16.1. The molecule has 1 saturated heterocycles. The normalized spacial score (nSPS) is 25.6. The molecule has 18 heavy (non-hydrogen) atoms. The number of nitrogens with two attached hydrogens (primary N) is 1. The molecule has 6 heteroatoms. The van der Waals surface area contributed by atoms with Crippen LogP contribution in [-0.2, 0) is 4.79 Å². The minimum atomic E-state index is -0.388. The zero-order valence-electron chi connectivity index (χ0n) is 11.8. The molecule has 0 aromatic rings. The summed E-state index contributed by atoms with van der Waals surface area (Å²) in [6.07, 6.45) is 1.06. The third kappa shape index (κ3) is 4.92. The molecule has 0 aromatic carbocycles. The molecule has 0 spiro atoms. The van der Waals surface area contributed by atoms with Gasteiger partial charge in [0, 0.05) is 26.2 Å². The Balaban J connectivity index is 0. The molecule has 3 atom stereocenters. The third-order valence-corrected chi connectivity index (χ3v) is 3.63. The van der Waals surface area contributed by atoms with Crippen molar-refractivity contribution in [3.63, 3.8) is 0 Å². The van der Waals surface area contributed by atoms with E-state index in [2.05, 4.69) is 18.7 Å². The first kappa shape index (κ1) is 20.3. The SMILES string of the molecule is CCN1CCC(N(C)C(=O)C(C)N)C(C)C1.Cl.Cl. The number of hydrogen-bond acceptors (Lipinski definition) is 3. The quantitative estimate of drug-likeness (QED) is 0.856. The Hall–Kier alpha value is -0.0300. The Kier molecular flexibility index (Phi) is 10.1. The largest absolute Gasteiger partial charge is 0.341 e. The van der Waals surface area contributed by atoms with Gasteiger partial charge in [-0.25, -0.2) is 0 Å². The van der Waals surface area contributed by atoms with Crippen LogP contribution in [-0.4, -0.2) is 54.5 Å². The van der Waals surface area contributed by atoms with Crippen LogP contribution in [0.15, 0.2) is 0 Å². The van der Waals surface area contributed by atoms with Gasteiger partial charge in [-0.05, 0) is 25.8 Å². The van der Waals surface area contributed by atoms with Crippen LogP contribution in [0, 0.1) is 5.92 Å². The summed E-state index contributed by atoms with van der Waals surface area (Å²) in [5.74, 6) is 0.586. The zero-order valence-corrected chi connectivity index (χ0v) is 13.4. The highest BCUT2D eigenvalue weighted by Crippen LogP contribution is 2.21. The smallest absolute Gasteiger partial charge is 0.239 e. The van der Waals surface area contributed by atoms with Crippen LogP contribution in [0.1, 0.15) is 27.2 Å². The van der Waals surface area contributed by atoms with E-state index >= 15 is 0 Å². The molecule has 3 unspecified atom stereocenters. The monoisotopic (exact) mass is 299 g/mol. The summed E-state index contributed by atoms with van der Waals surface area (Å²) < 4.78 is 0. The zero-order chi connectivity index (χ0) is 12.3. The molecule has 0 saturated carbocycles. The number of carbonyl (C=O) groups excluding carboxylic acids is 1. The molecule has 2 N–H and O–H groups in total. The summed E-state index contributed by atoms with van der Waals surface area (Å²) in [6, 6.07) is -0.0392. The standard InChI is InChI=1S/C12H25N3O.2ClH/c1-5-15-7-6-11(9(2)8-15)14(4)12(16)10(3)13;;/h9-11H,5-8,13H2,1-4H3;2*1H. The van der Waals surface area contributed by atoms with Crippen LogP contribution in [0.4, 0.5) is 0 Å². The highest BCUT2D eigenvalue weighted by Gasteiger charge is 2.31. The van der Waals surface area contributed by atoms with Gasteiger partial charge in [0.1, 0.15) is 0 Å². The first-order valence-corrected chi connectivity index (χ1v) is 6.22. The molecule has 1 heterocycles. The molecule has 0 bridgehead atoms. The molecule has 0 radical (unpaired) electrons. The van der Waals surface area contributed by atoms with Crippen LogP contribution in [0.5, 0.6) is 0 Å². The van der Waals surface area contributed by atoms with E-state index in [1.165, 1.54) is 0 Å². The highest BCUT2D eigenvalue weighted by molar-refractivity contribution is 5.85. The van der Waals surface area contributed by atoms with Gasteiger partial charge in [-0.1, -0.05) is 13.8 Å². The number of likely N-dealkylation sites (N-methyl/N-ethyl adjacent to an activating group) is 1. The molecule has 110 valence electrons. The van der Waals surface area contributed by atoms with Crippen molar-refractivity contribution in [3.05, 3.63) is 0 Å². The van der Waals surface area contributed by atoms with Crippen molar-refractivity contribution in [2.45, 2.75) is 39.3 Å². The van der Waals surface area contributed by atoms with Crippen LogP contribution >= 0.6 is 24.8 Å². The summed E-state index contributed by atoms with van der Waals surface area (Å²) in [5.41, 5.74) is 5.64. The van der Waals surface area contributed by atoms with Crippen molar-refractivity contribution < 1.29 is 4.79 Å². The number of amides is 1. The Labute approximate surface area is 123 Å². The van der Waals surface area contributed by atoms with Crippen LogP contribution in [0.25, 0.3) is 0 Å². The molecule has 1 amide bonds. The second-order valence-corrected chi connectivity index (χ2v) is 4.96. The van der Waals surface area contributed by atoms with Crippen LogP contribution < -0.4 is 5.73 Å². The molecule has 1 fully saturated rings. The number of rotatable bonds is 3. The van der Waals surface area contributed by atoms with E-state index in [0.717, 1.165) is 26.1 Å². The molecular weight excluding hydrogens is 273 g/mol. The van der Waals surface area contributed by atoms with Gasteiger partial charge in [0.2, 0.25) is 5.91 Å². The number of piperidine rings is 1. The minimum absolute atomic E-state index is 0. The van der Waals surface area contributed by atoms with E-state index < -0.39 is 0 Å². The van der Waals surface area contributed by atoms with Gasteiger partial charge in [0.25, 0.3) is 0 Å². The predicted molar refractivity (Wildman–Crippen MR) is 80.6 cm³/mol. The third-order valence-electron chi connectivity index (χ3n) is 3.63. The Morgan fingerprint density at radius 3 is 2.44 bits per heavy atom. The second kappa shape index (κ2) is 8.97. The maximum Gasteiger partial charge on any atom is 0.239 e. The van der Waals surface area contributed by atoms with E-state index in [1.54, 1.807) is 6.92 Å². The molecule has 1 aliphatic rings. The van der Waals surface area contributed by atoms with Gasteiger partial charge in [-0.15, -0.1) is 24.8 Å². The van der Waals surface area contributed by atoms with Crippen LogP contribution in [0.2, 0.25) is 0 Å². The number of hydrogen-bond donors (Lipinski definition) is 1. The summed E-state index contributed by atoms with van der Waals surface area (Å²) >= 11 is 0. The maximum absolute atomic E-state index is 11.8. The van der Waals surface area contributed by atoms with Crippen molar-refractivity contribution in [1.82, 2.24) is 9.80 Å². The fourth-order valence-corrected chi connectivity index (χ4v) is 2.57. The summed E-state index contributed by atoms with van der Waals surface area (Å²) in [6.45, 7) is 9.42. The lowest BCUT2D eigenvalue weighted by Gasteiger charge is -2.41. The Bertz CT molecular complexity index is 251. The predicted octanol–water partition coefficient (Wildman–Crippen LogP) is 1.37. The molecule has 0 aromatic heterocycles. The molecule has 0 aliphatic carbocycles. The lowest BCUT2D eigenvalue weighted by molar-refractivity contribution is -0.135. The molecule has 1 aliphatic heterocycles. The van der Waals surface area contributed by atoms with Crippen LogP contribution in [0.3, 0.4) is 0 Å². The lowest BCUT2D eigenvalue weighted by Crippen LogP contribution is -2.53. The maximum atomic E-state index is 11.8. The average Bonchev–Trinajstić information content (AvgIpc) is 2.26. The van der Waals surface area contributed by atoms with Crippen molar-refractivity contribution >= 4 is 30.7 Å². The van der Waals surface area contributed by atoms with E-state index in [9.17, 15) is 4.79 Å². The lowest BCUT2D eigenvalue weighted by atomic mass is 9.92.